The number of aliphatic hydroxyl groups excluding tert-OH is 1. The number of hydrogen-bond acceptors (Lipinski definition) is 5. The van der Waals surface area contributed by atoms with Gasteiger partial charge in [0.2, 0.25) is 0 Å². The number of fused-ring (bicyclic) bond motifs is 1. The van der Waals surface area contributed by atoms with Crippen LogP contribution in [-0.2, 0) is 11.2 Å². The maximum absolute atomic E-state index is 12.9. The van der Waals surface area contributed by atoms with Gasteiger partial charge in [-0.1, -0.05) is 42.5 Å². The van der Waals surface area contributed by atoms with Gasteiger partial charge in [-0.15, -0.1) is 11.3 Å². The number of carbonyl (C=O) groups excluding carboxylic acids is 1. The molecule has 0 spiro atoms. The Kier molecular flexibility index (Phi) is 5.73. The third-order valence-corrected chi connectivity index (χ3v) is 6.22. The van der Waals surface area contributed by atoms with E-state index in [9.17, 15) is 15.1 Å². The van der Waals surface area contributed by atoms with Gasteiger partial charge in [0.15, 0.2) is 0 Å². The molecule has 1 aromatic heterocycles. The molecule has 1 aliphatic rings. The van der Waals surface area contributed by atoms with Crippen molar-refractivity contribution in [3.63, 3.8) is 0 Å². The summed E-state index contributed by atoms with van der Waals surface area (Å²) < 4.78 is 1.14. The fourth-order valence-electron chi connectivity index (χ4n) is 3.85. The maximum Gasteiger partial charge on any atom is 0.250 e. The quantitative estimate of drug-likeness (QED) is 0.495. The summed E-state index contributed by atoms with van der Waals surface area (Å²) in [6, 6.07) is 17.1. The smallest absolute Gasteiger partial charge is 0.250 e. The fraction of sp³-hybridized carbons (Fsp3) is 0.318. The number of hydroxylamine groups is 2. The average molecular weight is 397 g/mol. The highest BCUT2D eigenvalue weighted by atomic mass is 32.1. The summed E-state index contributed by atoms with van der Waals surface area (Å²) in [4.78, 5) is 15.0. The number of likely N-dealkylation sites (tertiary alicyclic amines) is 1. The number of carbonyl (C=O) groups is 1. The first-order chi connectivity index (χ1) is 13.6. The van der Waals surface area contributed by atoms with E-state index in [1.807, 2.05) is 60.0 Å². The normalized spacial score (nSPS) is 18.4. The van der Waals surface area contributed by atoms with Crippen LogP contribution in [0.1, 0.15) is 23.6 Å². The average Bonchev–Trinajstić information content (AvgIpc) is 3.35. The molecule has 3 aromatic rings. The Bertz CT molecular complexity index is 943. The molecule has 4 rings (SSSR count). The van der Waals surface area contributed by atoms with Crippen LogP contribution >= 0.6 is 11.3 Å². The molecule has 6 heteroatoms. The fourth-order valence-corrected chi connectivity index (χ4v) is 4.68. The van der Waals surface area contributed by atoms with Gasteiger partial charge >= 0.3 is 0 Å². The van der Waals surface area contributed by atoms with Crippen LogP contribution in [0.25, 0.3) is 10.1 Å². The molecule has 1 amide bonds. The first-order valence-corrected chi connectivity index (χ1v) is 10.4. The number of β-amino-alcohol motifs (C(OH)–C–C–N with tert-alkyl or cyclic N) is 1. The number of amides is 1. The molecule has 0 bridgehead atoms. The van der Waals surface area contributed by atoms with Gasteiger partial charge in [0.1, 0.15) is 0 Å². The molecule has 28 heavy (non-hydrogen) atoms. The second-order valence-electron chi connectivity index (χ2n) is 7.29. The molecule has 1 fully saturated rings. The predicted octanol–water partition coefficient (Wildman–Crippen LogP) is 3.47. The van der Waals surface area contributed by atoms with Gasteiger partial charge in [0.05, 0.1) is 18.6 Å². The van der Waals surface area contributed by atoms with Crippen LogP contribution in [-0.4, -0.2) is 51.9 Å². The third kappa shape index (κ3) is 4.10. The Morgan fingerprint density at radius 3 is 2.75 bits per heavy atom. The minimum absolute atomic E-state index is 0.149. The maximum atomic E-state index is 12.9. The van der Waals surface area contributed by atoms with E-state index in [0.29, 0.717) is 13.1 Å². The Balaban J connectivity index is 1.54. The van der Waals surface area contributed by atoms with Crippen molar-refractivity contribution in [2.24, 2.45) is 0 Å². The predicted molar refractivity (Wildman–Crippen MR) is 110 cm³/mol. The SMILES string of the molecule is O=C(Cc1cccc2sccc12)N(O)C(CN1CCC(O)C1)c1ccccc1. The molecule has 1 saturated heterocycles. The number of benzene rings is 2. The zero-order valence-corrected chi connectivity index (χ0v) is 16.4. The van der Waals surface area contributed by atoms with Crippen molar-refractivity contribution in [3.8, 4) is 0 Å². The highest BCUT2D eigenvalue weighted by Crippen LogP contribution is 2.27. The Morgan fingerprint density at radius 2 is 2.00 bits per heavy atom. The second-order valence-corrected chi connectivity index (χ2v) is 8.24. The summed E-state index contributed by atoms with van der Waals surface area (Å²) in [5, 5.41) is 24.6. The van der Waals surface area contributed by atoms with Crippen molar-refractivity contribution in [1.82, 2.24) is 9.96 Å². The number of thiophene rings is 1. The molecule has 1 aliphatic heterocycles. The van der Waals surface area contributed by atoms with Crippen LogP contribution in [0, 0.1) is 0 Å². The van der Waals surface area contributed by atoms with E-state index >= 15 is 0 Å². The lowest BCUT2D eigenvalue weighted by Crippen LogP contribution is -2.40. The third-order valence-electron chi connectivity index (χ3n) is 5.34. The lowest BCUT2D eigenvalue weighted by Gasteiger charge is -2.30. The van der Waals surface area contributed by atoms with Crippen molar-refractivity contribution in [2.45, 2.75) is 25.0 Å². The van der Waals surface area contributed by atoms with E-state index in [2.05, 4.69) is 4.90 Å². The molecule has 2 atom stereocenters. The Labute approximate surface area is 168 Å². The Hall–Kier alpha value is -2.25. The molecular formula is C22H24N2O3S. The molecule has 2 heterocycles. The summed E-state index contributed by atoms with van der Waals surface area (Å²) in [6.45, 7) is 1.83. The van der Waals surface area contributed by atoms with Gasteiger partial charge < -0.3 is 5.11 Å². The largest absolute Gasteiger partial charge is 0.392 e. The molecule has 2 aromatic carbocycles. The first-order valence-electron chi connectivity index (χ1n) is 9.53. The van der Waals surface area contributed by atoms with E-state index < -0.39 is 6.04 Å². The summed E-state index contributed by atoms with van der Waals surface area (Å²) in [5.41, 5.74) is 1.81. The van der Waals surface area contributed by atoms with Crippen LogP contribution in [0.15, 0.2) is 60.0 Å². The van der Waals surface area contributed by atoms with Crippen LogP contribution in [0.3, 0.4) is 0 Å². The molecular weight excluding hydrogens is 372 g/mol. The number of aliphatic hydroxyl groups is 1. The van der Waals surface area contributed by atoms with E-state index in [1.54, 1.807) is 11.3 Å². The van der Waals surface area contributed by atoms with E-state index in [1.165, 1.54) is 0 Å². The van der Waals surface area contributed by atoms with Gasteiger partial charge in [-0.25, -0.2) is 5.06 Å². The molecule has 2 unspecified atom stereocenters. The second kappa shape index (κ2) is 8.41. The van der Waals surface area contributed by atoms with Crippen molar-refractivity contribution in [3.05, 3.63) is 71.1 Å². The van der Waals surface area contributed by atoms with Gasteiger partial charge in [0, 0.05) is 24.3 Å². The molecule has 0 saturated carbocycles. The van der Waals surface area contributed by atoms with Gasteiger partial charge in [0.25, 0.3) is 5.91 Å². The highest BCUT2D eigenvalue weighted by Gasteiger charge is 2.29. The molecule has 0 aliphatic carbocycles. The van der Waals surface area contributed by atoms with Gasteiger partial charge in [-0.2, -0.15) is 0 Å². The standard InChI is InChI=1S/C22H24N2O3S/c25-18-9-11-23(14-18)15-20(16-5-2-1-3-6-16)24(27)22(26)13-17-7-4-8-21-19(17)10-12-28-21/h1-8,10,12,18,20,25,27H,9,11,13-15H2. The summed E-state index contributed by atoms with van der Waals surface area (Å²) in [6.07, 6.45) is 0.535. The highest BCUT2D eigenvalue weighted by molar-refractivity contribution is 7.17. The van der Waals surface area contributed by atoms with E-state index in [-0.39, 0.29) is 18.4 Å². The zero-order valence-electron chi connectivity index (χ0n) is 15.6. The molecule has 5 nitrogen and oxygen atoms in total. The van der Waals surface area contributed by atoms with Crippen LogP contribution in [0.4, 0.5) is 0 Å². The van der Waals surface area contributed by atoms with Crippen molar-refractivity contribution < 1.29 is 15.1 Å². The summed E-state index contributed by atoms with van der Waals surface area (Å²) in [5.74, 6) is -0.327. The molecule has 0 radical (unpaired) electrons. The van der Waals surface area contributed by atoms with E-state index in [0.717, 1.165) is 39.2 Å². The van der Waals surface area contributed by atoms with Crippen LogP contribution < -0.4 is 0 Å². The topological polar surface area (TPSA) is 64.0 Å². The first kappa shape index (κ1) is 19.1. The number of nitrogens with zero attached hydrogens (tertiary/aromatic N) is 2. The summed E-state index contributed by atoms with van der Waals surface area (Å²) >= 11 is 1.64. The van der Waals surface area contributed by atoms with Crippen molar-refractivity contribution in [2.75, 3.05) is 19.6 Å². The minimum atomic E-state index is -0.472. The Morgan fingerprint density at radius 1 is 1.18 bits per heavy atom. The lowest BCUT2D eigenvalue weighted by molar-refractivity contribution is -0.177. The van der Waals surface area contributed by atoms with E-state index in [4.69, 9.17) is 0 Å². The zero-order chi connectivity index (χ0) is 19.5. The monoisotopic (exact) mass is 396 g/mol. The van der Waals surface area contributed by atoms with Gasteiger partial charge in [-0.05, 0) is 40.4 Å². The van der Waals surface area contributed by atoms with Crippen LogP contribution in [0.2, 0.25) is 0 Å². The minimum Gasteiger partial charge on any atom is -0.392 e. The number of hydrogen-bond donors (Lipinski definition) is 2. The molecule has 2 N–H and O–H groups in total. The number of rotatable bonds is 6. The van der Waals surface area contributed by atoms with Crippen LogP contribution in [0.5, 0.6) is 0 Å². The van der Waals surface area contributed by atoms with Crippen molar-refractivity contribution >= 4 is 27.3 Å². The van der Waals surface area contributed by atoms with Gasteiger partial charge in [-0.3, -0.25) is 14.9 Å². The van der Waals surface area contributed by atoms with Crippen molar-refractivity contribution in [1.29, 1.82) is 0 Å². The molecule has 146 valence electrons. The summed E-state index contributed by atoms with van der Waals surface area (Å²) in [7, 11) is 0. The lowest BCUT2D eigenvalue weighted by atomic mass is 10.0.